The fourth-order valence-corrected chi connectivity index (χ4v) is 8.25. The highest BCUT2D eigenvalue weighted by Gasteiger charge is 2.19. The molecule has 0 fully saturated rings. The lowest BCUT2D eigenvalue weighted by Gasteiger charge is -2.18. The van der Waals surface area contributed by atoms with Crippen molar-refractivity contribution in [2.45, 2.75) is 297 Å². The van der Waals surface area contributed by atoms with Crippen molar-refractivity contribution in [3.8, 4) is 0 Å². The van der Waals surface area contributed by atoms with Crippen LogP contribution in [0.3, 0.4) is 0 Å². The van der Waals surface area contributed by atoms with Gasteiger partial charge in [0.25, 0.3) is 0 Å². The highest BCUT2D eigenvalue weighted by molar-refractivity contribution is 5.71. The Labute approximate surface area is 427 Å². The van der Waals surface area contributed by atoms with E-state index in [0.29, 0.717) is 19.3 Å². The lowest BCUT2D eigenvalue weighted by molar-refractivity contribution is -0.167. The number of allylic oxidation sites excluding steroid dienone is 12. The van der Waals surface area contributed by atoms with E-state index in [4.69, 9.17) is 14.2 Å². The van der Waals surface area contributed by atoms with Crippen molar-refractivity contribution in [1.82, 2.24) is 0 Å². The average Bonchev–Trinajstić information content (AvgIpc) is 3.35. The normalized spacial score (nSPS) is 12.6. The molecule has 0 aromatic carbocycles. The summed E-state index contributed by atoms with van der Waals surface area (Å²) < 4.78 is 16.9. The van der Waals surface area contributed by atoms with Crippen LogP contribution < -0.4 is 0 Å². The smallest absolute Gasteiger partial charge is 0.306 e. The summed E-state index contributed by atoms with van der Waals surface area (Å²) in [6, 6.07) is 0. The van der Waals surface area contributed by atoms with Gasteiger partial charge in [-0.25, -0.2) is 0 Å². The van der Waals surface area contributed by atoms with Crippen LogP contribution in [0.1, 0.15) is 290 Å². The van der Waals surface area contributed by atoms with Gasteiger partial charge in [0.05, 0.1) is 0 Å². The molecule has 398 valence electrons. The van der Waals surface area contributed by atoms with Crippen LogP contribution in [-0.2, 0) is 28.6 Å². The van der Waals surface area contributed by atoms with Gasteiger partial charge in [-0.15, -0.1) is 0 Å². The van der Waals surface area contributed by atoms with Crippen molar-refractivity contribution in [3.63, 3.8) is 0 Å². The van der Waals surface area contributed by atoms with E-state index in [0.717, 1.165) is 96.3 Å². The minimum atomic E-state index is -0.795. The van der Waals surface area contributed by atoms with E-state index >= 15 is 0 Å². The van der Waals surface area contributed by atoms with Crippen molar-refractivity contribution in [3.05, 3.63) is 72.9 Å². The minimum absolute atomic E-state index is 0.0903. The molecule has 0 saturated carbocycles. The van der Waals surface area contributed by atoms with Gasteiger partial charge in [-0.3, -0.25) is 14.4 Å². The largest absolute Gasteiger partial charge is 0.462 e. The molecular weight excluding hydrogens is 853 g/mol. The Morgan fingerprint density at radius 2 is 0.536 bits per heavy atom. The Hall–Kier alpha value is -3.15. The Morgan fingerprint density at radius 3 is 0.870 bits per heavy atom. The molecule has 1 unspecified atom stereocenters. The third kappa shape index (κ3) is 55.6. The predicted octanol–water partition coefficient (Wildman–Crippen LogP) is 19.8. The van der Waals surface area contributed by atoms with Crippen molar-refractivity contribution in [1.29, 1.82) is 0 Å². The first-order chi connectivity index (χ1) is 34.0. The summed E-state index contributed by atoms with van der Waals surface area (Å²) in [5.41, 5.74) is 0. The van der Waals surface area contributed by atoms with E-state index in [1.165, 1.54) is 154 Å². The third-order valence-electron chi connectivity index (χ3n) is 12.7. The third-order valence-corrected chi connectivity index (χ3v) is 12.7. The standard InChI is InChI=1S/C63H110O6/c1-4-7-10-13-16-19-22-25-28-30-32-35-38-41-44-47-50-53-56-62(65)68-59-60(58-67-61(64)55-52-49-46-43-40-37-34-27-24-21-18-15-12-9-6-3)69-63(66)57-54-51-48-45-42-39-36-33-31-29-26-23-20-17-14-11-8-5-2/h21-22,24-25,28-33,35-36,60H,4-20,23,26-27,34,37-59H2,1-3H3/b24-21-,25-22-,30-28-,31-29-,35-32-,36-33-. The second kappa shape index (κ2) is 57.4. The molecule has 0 spiro atoms. The summed E-state index contributed by atoms with van der Waals surface area (Å²) in [6.45, 7) is 6.59. The molecule has 6 heteroatoms. The molecule has 0 aromatic rings. The van der Waals surface area contributed by atoms with Crippen LogP contribution in [0.15, 0.2) is 72.9 Å². The zero-order valence-electron chi connectivity index (χ0n) is 45.6. The van der Waals surface area contributed by atoms with Crippen LogP contribution in [0.2, 0.25) is 0 Å². The summed E-state index contributed by atoms with van der Waals surface area (Å²) in [4.78, 5) is 38.2. The molecule has 69 heavy (non-hydrogen) atoms. The maximum Gasteiger partial charge on any atom is 0.306 e. The summed E-state index contributed by atoms with van der Waals surface area (Å²) in [5.74, 6) is -0.921. The highest BCUT2D eigenvalue weighted by atomic mass is 16.6. The van der Waals surface area contributed by atoms with Gasteiger partial charge in [0.15, 0.2) is 6.10 Å². The summed E-state index contributed by atoms with van der Waals surface area (Å²) in [7, 11) is 0. The minimum Gasteiger partial charge on any atom is -0.462 e. The number of carbonyl (C=O) groups excluding carboxylic acids is 3. The maximum atomic E-state index is 12.9. The lowest BCUT2D eigenvalue weighted by atomic mass is 10.1. The van der Waals surface area contributed by atoms with Crippen LogP contribution in [0.5, 0.6) is 0 Å². The number of unbranched alkanes of at least 4 members (excludes halogenated alkanes) is 33. The lowest BCUT2D eigenvalue weighted by Crippen LogP contribution is -2.30. The molecule has 0 rings (SSSR count). The number of rotatable bonds is 53. The fraction of sp³-hybridized carbons (Fsp3) is 0.762. The molecule has 0 radical (unpaired) electrons. The number of esters is 3. The Kier molecular flexibility index (Phi) is 54.8. The van der Waals surface area contributed by atoms with Gasteiger partial charge in [0, 0.05) is 19.3 Å². The van der Waals surface area contributed by atoms with Crippen molar-refractivity contribution < 1.29 is 28.6 Å². The first kappa shape index (κ1) is 65.8. The van der Waals surface area contributed by atoms with E-state index in [-0.39, 0.29) is 31.1 Å². The van der Waals surface area contributed by atoms with Gasteiger partial charge in [0.2, 0.25) is 0 Å². The van der Waals surface area contributed by atoms with Gasteiger partial charge >= 0.3 is 17.9 Å². The van der Waals surface area contributed by atoms with Gasteiger partial charge in [-0.2, -0.15) is 0 Å². The van der Waals surface area contributed by atoms with E-state index in [9.17, 15) is 14.4 Å². The van der Waals surface area contributed by atoms with Crippen LogP contribution in [-0.4, -0.2) is 37.2 Å². The predicted molar refractivity (Wildman–Crippen MR) is 298 cm³/mol. The first-order valence-electron chi connectivity index (χ1n) is 29.5. The molecule has 0 aromatic heterocycles. The monoisotopic (exact) mass is 963 g/mol. The number of hydrogen-bond acceptors (Lipinski definition) is 6. The van der Waals surface area contributed by atoms with Gasteiger partial charge in [-0.05, 0) is 96.3 Å². The molecule has 0 aliphatic carbocycles. The quantitative estimate of drug-likeness (QED) is 0.0199. The SMILES string of the molecule is CCCCCC/C=C\CCCCCCCCCC(=O)OCC(COC(=O)CCCCCCC\C=C/C=C\C=C/CCCCCCC)OC(=O)CCCCCCC/C=C\C=C/CCCCCCCCC. The zero-order valence-corrected chi connectivity index (χ0v) is 45.6. The van der Waals surface area contributed by atoms with Gasteiger partial charge in [0.1, 0.15) is 13.2 Å². The Bertz CT molecular complexity index is 1290. The van der Waals surface area contributed by atoms with Crippen LogP contribution in [0, 0.1) is 0 Å². The molecule has 6 nitrogen and oxygen atoms in total. The zero-order chi connectivity index (χ0) is 50.0. The summed E-state index contributed by atoms with van der Waals surface area (Å²) >= 11 is 0. The van der Waals surface area contributed by atoms with Crippen LogP contribution in [0.4, 0.5) is 0 Å². The molecule has 0 amide bonds. The van der Waals surface area contributed by atoms with E-state index in [1.807, 2.05) is 0 Å². The average molecular weight is 964 g/mol. The fourth-order valence-electron chi connectivity index (χ4n) is 8.25. The maximum absolute atomic E-state index is 12.9. The summed E-state index contributed by atoms with van der Waals surface area (Å²) in [6.07, 6.45) is 73.1. The molecule has 0 heterocycles. The van der Waals surface area contributed by atoms with E-state index in [2.05, 4.69) is 93.7 Å². The second-order valence-electron chi connectivity index (χ2n) is 19.6. The summed E-state index contributed by atoms with van der Waals surface area (Å²) in [5, 5.41) is 0. The topological polar surface area (TPSA) is 78.9 Å². The molecule has 1 atom stereocenters. The van der Waals surface area contributed by atoms with E-state index < -0.39 is 6.10 Å². The van der Waals surface area contributed by atoms with Crippen molar-refractivity contribution >= 4 is 17.9 Å². The van der Waals surface area contributed by atoms with Crippen molar-refractivity contribution in [2.75, 3.05) is 13.2 Å². The van der Waals surface area contributed by atoms with Gasteiger partial charge in [-0.1, -0.05) is 248 Å². The van der Waals surface area contributed by atoms with Crippen LogP contribution >= 0.6 is 0 Å². The number of carbonyl (C=O) groups is 3. The second-order valence-corrected chi connectivity index (χ2v) is 19.6. The van der Waals surface area contributed by atoms with Crippen molar-refractivity contribution in [2.24, 2.45) is 0 Å². The Morgan fingerprint density at radius 1 is 0.290 bits per heavy atom. The molecule has 0 aliphatic rings. The molecule has 0 N–H and O–H groups in total. The van der Waals surface area contributed by atoms with Gasteiger partial charge < -0.3 is 14.2 Å². The highest BCUT2D eigenvalue weighted by Crippen LogP contribution is 2.15. The number of hydrogen-bond donors (Lipinski definition) is 0. The van der Waals surface area contributed by atoms with E-state index in [1.54, 1.807) is 0 Å². The molecular formula is C63H110O6. The molecule has 0 bridgehead atoms. The first-order valence-corrected chi connectivity index (χ1v) is 29.5. The Balaban J connectivity index is 4.45. The molecule has 0 saturated heterocycles. The molecule has 0 aliphatic heterocycles. The number of ether oxygens (including phenoxy) is 3. The van der Waals surface area contributed by atoms with Crippen LogP contribution in [0.25, 0.3) is 0 Å².